The highest BCUT2D eigenvalue weighted by Gasteiger charge is 2.25. The zero-order chi connectivity index (χ0) is 7.65. The van der Waals surface area contributed by atoms with E-state index in [0.29, 0.717) is 0 Å². The quantitative estimate of drug-likeness (QED) is 0.231. The fourth-order valence-corrected chi connectivity index (χ4v) is 0.923. The van der Waals surface area contributed by atoms with Crippen molar-refractivity contribution < 1.29 is 23.2 Å². The maximum atomic E-state index is 9.87. The molecule has 0 aliphatic heterocycles. The van der Waals surface area contributed by atoms with Gasteiger partial charge in [0, 0.05) is 0 Å². The van der Waals surface area contributed by atoms with Crippen LogP contribution >= 0.6 is 12.6 Å². The Bertz CT molecular complexity index is 169. The summed E-state index contributed by atoms with van der Waals surface area (Å²) in [5.41, 5.74) is -4.01. The average molecular weight is 174 g/mol. The second-order valence-electron chi connectivity index (χ2n) is 1.32. The van der Waals surface area contributed by atoms with E-state index in [1.54, 1.807) is 0 Å². The summed E-state index contributed by atoms with van der Waals surface area (Å²) in [6.07, 6.45) is 0. The molecule has 0 aromatic rings. The topological polar surface area (TPSA) is 94.8 Å². The van der Waals surface area contributed by atoms with Crippen LogP contribution in [0.1, 0.15) is 0 Å². The molecule has 0 radical (unpaired) electrons. The van der Waals surface area contributed by atoms with Crippen molar-refractivity contribution in [2.24, 2.45) is 0 Å². The van der Waals surface area contributed by atoms with Gasteiger partial charge < -0.3 is 10.2 Å². The Morgan fingerprint density at radius 2 is 1.67 bits per heavy atom. The van der Waals surface area contributed by atoms with Crippen LogP contribution in [0.25, 0.3) is 0 Å². The fourth-order valence-electron chi connectivity index (χ4n) is 0.154. The molecule has 2 unspecified atom stereocenters. The van der Waals surface area contributed by atoms with Crippen LogP contribution in [0.15, 0.2) is 0 Å². The van der Waals surface area contributed by atoms with Gasteiger partial charge >= 0.3 is 0 Å². The molecule has 0 saturated heterocycles. The Kier molecular flexibility index (Phi) is 2.90. The van der Waals surface area contributed by atoms with Crippen molar-refractivity contribution in [1.29, 1.82) is 0 Å². The molecule has 5 nitrogen and oxygen atoms in total. The van der Waals surface area contributed by atoms with Gasteiger partial charge in [0.15, 0.2) is 0 Å². The number of aliphatic hydroxyl groups is 2. The largest absolute Gasteiger partial charge is 0.379 e. The molecule has 9 heavy (non-hydrogen) atoms. The lowest BCUT2D eigenvalue weighted by Gasteiger charge is -2.07. The lowest BCUT2D eigenvalue weighted by atomic mass is 10.8. The van der Waals surface area contributed by atoms with E-state index in [1.165, 1.54) is 0 Å². The van der Waals surface area contributed by atoms with Gasteiger partial charge in [-0.05, 0) is 0 Å². The lowest BCUT2D eigenvalue weighted by Crippen LogP contribution is -2.29. The summed E-state index contributed by atoms with van der Waals surface area (Å²) in [6, 6.07) is 0. The molecule has 0 amide bonds. The molecule has 0 fully saturated rings. The van der Waals surface area contributed by atoms with Crippen molar-refractivity contribution in [3.05, 3.63) is 0 Å². The van der Waals surface area contributed by atoms with E-state index >= 15 is 0 Å². The predicted molar refractivity (Wildman–Crippen MR) is 32.5 cm³/mol. The van der Waals surface area contributed by atoms with Gasteiger partial charge in [-0.3, -0.25) is 4.55 Å². The first-order chi connectivity index (χ1) is 3.85. The molecule has 3 N–H and O–H groups in total. The van der Waals surface area contributed by atoms with Crippen molar-refractivity contribution in [3.8, 4) is 0 Å². The summed E-state index contributed by atoms with van der Waals surface area (Å²) < 4.78 is 27.7. The van der Waals surface area contributed by atoms with E-state index in [2.05, 4.69) is 12.6 Å². The van der Waals surface area contributed by atoms with Gasteiger partial charge in [-0.25, -0.2) is 0 Å². The minimum absolute atomic E-state index is 1.78. The standard InChI is InChI=1S/C2H6O5S2/c3-1(8)2(4)9(5,6)7/h1-4,8H,(H,5,6,7). The molecule has 0 aromatic heterocycles. The zero-order valence-corrected chi connectivity index (χ0v) is 5.88. The van der Waals surface area contributed by atoms with Gasteiger partial charge in [0.25, 0.3) is 10.1 Å². The van der Waals surface area contributed by atoms with E-state index < -0.39 is 21.0 Å². The third kappa shape index (κ3) is 3.01. The highest BCUT2D eigenvalue weighted by Crippen LogP contribution is 2.03. The van der Waals surface area contributed by atoms with Crippen LogP contribution < -0.4 is 0 Å². The molecule has 0 aromatic carbocycles. The minimum atomic E-state index is -4.57. The first kappa shape index (κ1) is 9.18. The number of thiol groups is 1. The summed E-state index contributed by atoms with van der Waals surface area (Å²) in [7, 11) is -4.57. The maximum absolute atomic E-state index is 9.87. The van der Waals surface area contributed by atoms with Gasteiger partial charge in [-0.2, -0.15) is 8.42 Å². The first-order valence-corrected chi connectivity index (χ1v) is 3.88. The minimum Gasteiger partial charge on any atom is -0.379 e. The Balaban J connectivity index is 4.24. The van der Waals surface area contributed by atoms with Gasteiger partial charge in [0.2, 0.25) is 5.44 Å². The van der Waals surface area contributed by atoms with Crippen LogP contribution in [0, 0.1) is 0 Å². The molecule has 0 spiro atoms. The predicted octanol–water partition coefficient (Wildman–Crippen LogP) is -1.56. The van der Waals surface area contributed by atoms with Crippen LogP contribution in [0.2, 0.25) is 0 Å². The van der Waals surface area contributed by atoms with Gasteiger partial charge in [-0.1, -0.05) is 0 Å². The van der Waals surface area contributed by atoms with E-state index in [-0.39, 0.29) is 0 Å². The molecule has 0 aliphatic rings. The van der Waals surface area contributed by atoms with Gasteiger partial charge in [0.05, 0.1) is 0 Å². The Labute approximate surface area is 57.5 Å². The van der Waals surface area contributed by atoms with Gasteiger partial charge in [-0.15, -0.1) is 12.6 Å². The summed E-state index contributed by atoms with van der Waals surface area (Å²) in [5.74, 6) is 0. The van der Waals surface area contributed by atoms with Crippen molar-refractivity contribution in [2.45, 2.75) is 10.9 Å². The van der Waals surface area contributed by atoms with Crippen molar-refractivity contribution in [1.82, 2.24) is 0 Å². The number of hydrogen-bond donors (Lipinski definition) is 4. The summed E-state index contributed by atoms with van der Waals surface area (Å²) in [5, 5.41) is 16.5. The third-order valence-electron chi connectivity index (χ3n) is 0.560. The number of aliphatic hydroxyl groups excluding tert-OH is 2. The highest BCUT2D eigenvalue weighted by molar-refractivity contribution is 7.88. The normalized spacial score (nSPS) is 19.1. The highest BCUT2D eigenvalue weighted by atomic mass is 32.2. The Morgan fingerprint density at radius 3 is 1.67 bits per heavy atom. The molecule has 56 valence electrons. The molecule has 0 heterocycles. The first-order valence-electron chi connectivity index (χ1n) is 1.86. The average Bonchev–Trinajstić information content (AvgIpc) is 1.62. The smallest absolute Gasteiger partial charge is 0.295 e. The van der Waals surface area contributed by atoms with Crippen LogP contribution in [0.3, 0.4) is 0 Å². The Morgan fingerprint density at radius 1 is 1.33 bits per heavy atom. The second-order valence-corrected chi connectivity index (χ2v) is 3.36. The SMILES string of the molecule is O=S(=O)(O)C(O)C(O)S. The molecule has 0 aliphatic carbocycles. The molecular formula is C2H6O5S2. The van der Waals surface area contributed by atoms with Crippen molar-refractivity contribution >= 4 is 22.7 Å². The van der Waals surface area contributed by atoms with Crippen molar-refractivity contribution in [2.75, 3.05) is 0 Å². The van der Waals surface area contributed by atoms with Crippen LogP contribution in [-0.2, 0) is 10.1 Å². The van der Waals surface area contributed by atoms with E-state index in [9.17, 15) is 8.42 Å². The summed E-state index contributed by atoms with van der Waals surface area (Å²) in [6.45, 7) is 0. The summed E-state index contributed by atoms with van der Waals surface area (Å²) >= 11 is 3.15. The van der Waals surface area contributed by atoms with Crippen molar-refractivity contribution in [3.63, 3.8) is 0 Å². The van der Waals surface area contributed by atoms with E-state index in [4.69, 9.17) is 14.8 Å². The van der Waals surface area contributed by atoms with Crippen LogP contribution in [0.5, 0.6) is 0 Å². The third-order valence-corrected chi connectivity index (χ3v) is 1.91. The molecule has 0 bridgehead atoms. The zero-order valence-electron chi connectivity index (χ0n) is 4.17. The van der Waals surface area contributed by atoms with E-state index in [0.717, 1.165) is 0 Å². The fraction of sp³-hybridized carbons (Fsp3) is 1.00. The molecule has 2 atom stereocenters. The van der Waals surface area contributed by atoms with Crippen LogP contribution in [0.4, 0.5) is 0 Å². The van der Waals surface area contributed by atoms with E-state index in [1.807, 2.05) is 0 Å². The van der Waals surface area contributed by atoms with Gasteiger partial charge in [0.1, 0.15) is 5.44 Å². The molecule has 0 saturated carbocycles. The number of hydrogen-bond acceptors (Lipinski definition) is 5. The monoisotopic (exact) mass is 174 g/mol. The Hall–Kier alpha value is 0.180. The molecule has 0 rings (SSSR count). The molecular weight excluding hydrogens is 168 g/mol. The lowest BCUT2D eigenvalue weighted by molar-refractivity contribution is 0.122. The summed E-state index contributed by atoms with van der Waals surface area (Å²) in [4.78, 5) is 0. The number of rotatable bonds is 2. The second kappa shape index (κ2) is 2.84. The molecule has 7 heteroatoms. The van der Waals surface area contributed by atoms with Crippen LogP contribution in [-0.4, -0.2) is 34.1 Å². The maximum Gasteiger partial charge on any atom is 0.295 e.